The number of alkyl halides is 1. The van der Waals surface area contributed by atoms with Gasteiger partial charge in [-0.05, 0) is 24.3 Å². The molecule has 2 atom stereocenters. The Kier molecular flexibility index (Phi) is 7.48. The third-order valence-electron chi connectivity index (χ3n) is 4.20. The summed E-state index contributed by atoms with van der Waals surface area (Å²) in [5, 5.41) is 21.2. The minimum atomic E-state index is -0.980. The summed E-state index contributed by atoms with van der Waals surface area (Å²) >= 11 is 12.7. The Bertz CT molecular complexity index is 1130. The largest absolute Gasteiger partial charge is 0.491 e. The molecule has 1 aromatic carbocycles. The van der Waals surface area contributed by atoms with Crippen molar-refractivity contribution in [2.75, 3.05) is 18.2 Å². The molecule has 2 heterocycles. The van der Waals surface area contributed by atoms with Crippen molar-refractivity contribution in [3.63, 3.8) is 0 Å². The maximum Gasteiger partial charge on any atom is 0.329 e. The van der Waals surface area contributed by atoms with Gasteiger partial charge in [-0.3, -0.25) is 14.3 Å². The molecule has 3 N–H and O–H groups in total. The van der Waals surface area contributed by atoms with Gasteiger partial charge in [-0.25, -0.2) is 9.78 Å². The smallest absolute Gasteiger partial charge is 0.329 e. The Labute approximate surface area is 185 Å². The van der Waals surface area contributed by atoms with Crippen LogP contribution in [0.1, 0.15) is 0 Å². The summed E-state index contributed by atoms with van der Waals surface area (Å²) in [6.45, 7) is -0.0515. The normalized spacial score (nSPS) is 13.5. The van der Waals surface area contributed by atoms with Crippen LogP contribution in [0.4, 0.5) is 0 Å². The van der Waals surface area contributed by atoms with Crippen LogP contribution in [0.15, 0.2) is 39.0 Å². The third kappa shape index (κ3) is 5.19. The van der Waals surface area contributed by atoms with Crippen LogP contribution in [0.5, 0.6) is 5.75 Å². The highest BCUT2D eigenvalue weighted by molar-refractivity contribution is 7.99. The van der Waals surface area contributed by atoms with Crippen LogP contribution in [0.2, 0.25) is 5.02 Å². The number of aromatic nitrogens is 4. The fourth-order valence-corrected chi connectivity index (χ4v) is 3.99. The number of imidazole rings is 1. The number of benzene rings is 1. The molecule has 9 nitrogen and oxygen atoms in total. The molecule has 0 bridgehead atoms. The summed E-state index contributed by atoms with van der Waals surface area (Å²) < 4.78 is 8.29. The predicted octanol–water partition coefficient (Wildman–Crippen LogP) is 1.21. The molecule has 30 heavy (non-hydrogen) atoms. The number of H-pyrrole nitrogens is 1. The first-order valence-electron chi connectivity index (χ1n) is 8.93. The zero-order chi connectivity index (χ0) is 21.8. The average molecular weight is 475 g/mol. The van der Waals surface area contributed by atoms with E-state index >= 15 is 0 Å². The predicted molar refractivity (Wildman–Crippen MR) is 116 cm³/mol. The lowest BCUT2D eigenvalue weighted by Crippen LogP contribution is -2.30. The number of nitrogens with zero attached hydrogens (tertiary/aromatic N) is 3. The van der Waals surface area contributed by atoms with Gasteiger partial charge in [0.1, 0.15) is 18.5 Å². The molecular formula is C18H20Cl2N4O5S. The van der Waals surface area contributed by atoms with Gasteiger partial charge in [-0.15, -0.1) is 11.6 Å². The standard InChI is InChI=1S/C18H20Cl2N4O5S/c1-23-15-14(16(27)22-17(23)28)24(18(21-15)30-9-11(25)6-19)7-12(26)8-29-13-4-2-10(20)3-5-13/h2-5,11-12,25-26H,6-9H2,1H3,(H,22,27,28). The van der Waals surface area contributed by atoms with Gasteiger partial charge in [0, 0.05) is 23.7 Å². The highest BCUT2D eigenvalue weighted by atomic mass is 35.5. The number of rotatable bonds is 9. The van der Waals surface area contributed by atoms with E-state index in [0.717, 1.165) is 0 Å². The van der Waals surface area contributed by atoms with Crippen LogP contribution in [0.3, 0.4) is 0 Å². The average Bonchev–Trinajstić information content (AvgIpc) is 3.08. The van der Waals surface area contributed by atoms with E-state index in [1.54, 1.807) is 24.3 Å². The Hall–Kier alpha value is -1.98. The molecule has 3 aromatic rings. The Morgan fingerprint density at radius 3 is 2.60 bits per heavy atom. The maximum atomic E-state index is 12.4. The number of aromatic amines is 1. The molecule has 0 saturated carbocycles. The van der Waals surface area contributed by atoms with E-state index in [0.29, 0.717) is 15.9 Å². The second-order valence-corrected chi connectivity index (χ2v) is 8.27. The van der Waals surface area contributed by atoms with Crippen molar-refractivity contribution in [1.29, 1.82) is 0 Å². The van der Waals surface area contributed by atoms with Gasteiger partial charge in [-0.1, -0.05) is 23.4 Å². The minimum absolute atomic E-state index is 0.00925. The van der Waals surface area contributed by atoms with Crippen LogP contribution < -0.4 is 16.0 Å². The monoisotopic (exact) mass is 474 g/mol. The van der Waals surface area contributed by atoms with E-state index in [2.05, 4.69) is 9.97 Å². The molecule has 162 valence electrons. The third-order valence-corrected chi connectivity index (χ3v) is 5.93. The molecule has 2 aromatic heterocycles. The lowest BCUT2D eigenvalue weighted by atomic mass is 10.3. The summed E-state index contributed by atoms with van der Waals surface area (Å²) in [5.74, 6) is 0.814. The van der Waals surface area contributed by atoms with E-state index in [-0.39, 0.29) is 35.9 Å². The van der Waals surface area contributed by atoms with E-state index in [4.69, 9.17) is 27.9 Å². The van der Waals surface area contributed by atoms with E-state index in [1.807, 2.05) is 0 Å². The SMILES string of the molecule is Cn1c(=O)[nH]c(=O)c2c1nc(SCC(O)CCl)n2CC(O)COc1ccc(Cl)cc1. The van der Waals surface area contributed by atoms with Crippen LogP contribution in [0, 0.1) is 0 Å². The Balaban J connectivity index is 1.87. The number of hydrogen-bond donors (Lipinski definition) is 3. The van der Waals surface area contributed by atoms with Gasteiger partial charge in [0.2, 0.25) is 0 Å². The molecule has 0 radical (unpaired) electrons. The molecule has 12 heteroatoms. The summed E-state index contributed by atoms with van der Waals surface area (Å²) in [6, 6.07) is 6.70. The summed E-state index contributed by atoms with van der Waals surface area (Å²) in [6.07, 6.45) is -1.75. The lowest BCUT2D eigenvalue weighted by molar-refractivity contribution is 0.0913. The molecular weight excluding hydrogens is 455 g/mol. The highest BCUT2D eigenvalue weighted by Gasteiger charge is 2.21. The second kappa shape index (κ2) is 9.88. The number of nitrogens with one attached hydrogen (secondary N) is 1. The number of aryl methyl sites for hydroxylation is 1. The fraction of sp³-hybridized carbons (Fsp3) is 0.389. The van der Waals surface area contributed by atoms with Crippen LogP contribution in [-0.4, -0.2) is 59.8 Å². The summed E-state index contributed by atoms with van der Waals surface area (Å²) in [7, 11) is 1.49. The van der Waals surface area contributed by atoms with Crippen molar-refractivity contribution in [3.05, 3.63) is 50.1 Å². The number of hydrogen-bond acceptors (Lipinski definition) is 7. The van der Waals surface area contributed by atoms with Crippen molar-refractivity contribution in [3.8, 4) is 5.75 Å². The number of halogens is 2. The van der Waals surface area contributed by atoms with E-state index in [1.165, 1.54) is 27.9 Å². The molecule has 0 aliphatic carbocycles. The Morgan fingerprint density at radius 2 is 1.93 bits per heavy atom. The maximum absolute atomic E-state index is 12.4. The van der Waals surface area contributed by atoms with Crippen molar-refractivity contribution < 1.29 is 14.9 Å². The fourth-order valence-electron chi connectivity index (χ4n) is 2.70. The van der Waals surface area contributed by atoms with Crippen LogP contribution in [-0.2, 0) is 13.6 Å². The number of aliphatic hydroxyl groups excluding tert-OH is 2. The zero-order valence-electron chi connectivity index (χ0n) is 15.9. The first-order valence-corrected chi connectivity index (χ1v) is 10.8. The number of thioether (sulfide) groups is 1. The molecule has 0 aliphatic heterocycles. The molecule has 2 unspecified atom stereocenters. The zero-order valence-corrected chi connectivity index (χ0v) is 18.2. The van der Waals surface area contributed by atoms with Crippen molar-refractivity contribution in [2.45, 2.75) is 23.9 Å². The number of ether oxygens (including phenoxy) is 1. The van der Waals surface area contributed by atoms with Crippen LogP contribution in [0.25, 0.3) is 11.2 Å². The van der Waals surface area contributed by atoms with Gasteiger partial charge < -0.3 is 19.5 Å². The van der Waals surface area contributed by atoms with Gasteiger partial charge in [0.05, 0.1) is 12.6 Å². The molecule has 3 rings (SSSR count). The van der Waals surface area contributed by atoms with Gasteiger partial charge in [0.25, 0.3) is 5.56 Å². The van der Waals surface area contributed by atoms with Gasteiger partial charge in [-0.2, -0.15) is 0 Å². The van der Waals surface area contributed by atoms with Crippen molar-refractivity contribution in [2.24, 2.45) is 7.05 Å². The summed E-state index contributed by atoms with van der Waals surface area (Å²) in [5.41, 5.74) is -0.889. The second-order valence-electron chi connectivity index (χ2n) is 6.53. The van der Waals surface area contributed by atoms with E-state index in [9.17, 15) is 19.8 Å². The molecule has 0 aliphatic rings. The van der Waals surface area contributed by atoms with Crippen LogP contribution >= 0.6 is 35.0 Å². The first-order chi connectivity index (χ1) is 14.3. The van der Waals surface area contributed by atoms with Crippen molar-refractivity contribution >= 4 is 46.1 Å². The Morgan fingerprint density at radius 1 is 1.23 bits per heavy atom. The van der Waals surface area contributed by atoms with Gasteiger partial charge >= 0.3 is 5.69 Å². The topological polar surface area (TPSA) is 122 Å². The minimum Gasteiger partial charge on any atom is -0.491 e. The van der Waals surface area contributed by atoms with E-state index < -0.39 is 23.5 Å². The van der Waals surface area contributed by atoms with Crippen molar-refractivity contribution in [1.82, 2.24) is 19.1 Å². The number of fused-ring (bicyclic) bond motifs is 1. The lowest BCUT2D eigenvalue weighted by Gasteiger charge is -2.15. The highest BCUT2D eigenvalue weighted by Crippen LogP contribution is 2.23. The summed E-state index contributed by atoms with van der Waals surface area (Å²) in [4.78, 5) is 30.9. The molecule has 0 amide bonds. The number of aliphatic hydroxyl groups is 2. The quantitative estimate of drug-likeness (QED) is 0.314. The first kappa shape index (κ1) is 22.7. The molecule has 0 spiro atoms. The molecule has 0 fully saturated rings. The molecule has 0 saturated heterocycles. The van der Waals surface area contributed by atoms with Gasteiger partial charge in [0.15, 0.2) is 16.3 Å².